The Balaban J connectivity index is 1.98. The highest BCUT2D eigenvalue weighted by Gasteiger charge is 2.52. The van der Waals surface area contributed by atoms with Crippen LogP contribution in [0.3, 0.4) is 0 Å². The minimum atomic E-state index is -3.14. The molecule has 1 aliphatic rings. The van der Waals surface area contributed by atoms with Crippen molar-refractivity contribution in [1.29, 1.82) is 0 Å². The van der Waals surface area contributed by atoms with Crippen LogP contribution >= 0.6 is 23.2 Å². The molecule has 1 aromatic rings. The van der Waals surface area contributed by atoms with Crippen molar-refractivity contribution in [3.05, 3.63) is 33.8 Å². The largest absolute Gasteiger partial charge is 0.354 e. The summed E-state index contributed by atoms with van der Waals surface area (Å²) in [6.07, 6.45) is 2.44. The molecule has 20 heavy (non-hydrogen) atoms. The summed E-state index contributed by atoms with van der Waals surface area (Å²) in [6.45, 7) is 0.146. The standard InChI is InChI=1S/C13H15Cl2NO3S/c1-20(18,19)13(5-6-13)8-16-12(17)7-9-10(14)3-2-4-11(9)15/h2-4H,5-8H2,1H3,(H,16,17). The minimum Gasteiger partial charge on any atom is -0.354 e. The smallest absolute Gasteiger partial charge is 0.224 e. The molecule has 1 aromatic carbocycles. The van der Waals surface area contributed by atoms with E-state index in [1.165, 1.54) is 6.26 Å². The second-order valence-electron chi connectivity index (χ2n) is 5.11. The van der Waals surface area contributed by atoms with Crippen LogP contribution in [0.5, 0.6) is 0 Å². The number of hydrogen-bond donors (Lipinski definition) is 1. The van der Waals surface area contributed by atoms with Crippen molar-refractivity contribution in [2.45, 2.75) is 24.0 Å². The van der Waals surface area contributed by atoms with Crippen molar-refractivity contribution >= 4 is 38.9 Å². The molecule has 4 nitrogen and oxygen atoms in total. The van der Waals surface area contributed by atoms with Gasteiger partial charge in [-0.1, -0.05) is 29.3 Å². The quantitative estimate of drug-likeness (QED) is 0.897. The molecule has 1 fully saturated rings. The van der Waals surface area contributed by atoms with Crippen molar-refractivity contribution in [3.8, 4) is 0 Å². The van der Waals surface area contributed by atoms with E-state index in [2.05, 4.69) is 5.32 Å². The molecule has 0 aliphatic heterocycles. The Morgan fingerprint density at radius 3 is 2.30 bits per heavy atom. The number of hydrogen-bond acceptors (Lipinski definition) is 3. The van der Waals surface area contributed by atoms with Crippen LogP contribution in [0.25, 0.3) is 0 Å². The average Bonchev–Trinajstić information content (AvgIpc) is 3.12. The van der Waals surface area contributed by atoms with Crippen molar-refractivity contribution < 1.29 is 13.2 Å². The lowest BCUT2D eigenvalue weighted by Gasteiger charge is -2.14. The molecule has 1 amide bonds. The number of carbonyl (C=O) groups excluding carboxylic acids is 1. The summed E-state index contributed by atoms with van der Waals surface area (Å²) in [5.41, 5.74) is 0.553. The number of rotatable bonds is 5. The number of nitrogens with one attached hydrogen (secondary N) is 1. The molecule has 1 N–H and O–H groups in total. The average molecular weight is 336 g/mol. The predicted octanol–water partition coefficient (Wildman–Crippen LogP) is 2.23. The molecule has 2 rings (SSSR count). The van der Waals surface area contributed by atoms with Crippen LogP contribution in [-0.4, -0.2) is 31.9 Å². The maximum absolute atomic E-state index is 11.9. The van der Waals surface area contributed by atoms with Crippen molar-refractivity contribution in [1.82, 2.24) is 5.32 Å². The molecule has 0 bridgehead atoms. The highest BCUT2D eigenvalue weighted by molar-refractivity contribution is 7.92. The van der Waals surface area contributed by atoms with Crippen LogP contribution in [0, 0.1) is 0 Å². The summed E-state index contributed by atoms with van der Waals surface area (Å²) in [6, 6.07) is 5.03. The number of carbonyl (C=O) groups is 1. The highest BCUT2D eigenvalue weighted by Crippen LogP contribution is 2.42. The molecule has 0 heterocycles. The molecule has 0 unspecified atom stereocenters. The van der Waals surface area contributed by atoms with E-state index < -0.39 is 14.6 Å². The van der Waals surface area contributed by atoms with Crippen LogP contribution in [0.4, 0.5) is 0 Å². The van der Waals surface area contributed by atoms with Gasteiger partial charge in [-0.3, -0.25) is 4.79 Å². The molecule has 1 aliphatic carbocycles. The van der Waals surface area contributed by atoms with Gasteiger partial charge in [-0.05, 0) is 30.5 Å². The van der Waals surface area contributed by atoms with Gasteiger partial charge in [0, 0.05) is 22.8 Å². The van der Waals surface area contributed by atoms with Crippen molar-refractivity contribution in [2.24, 2.45) is 0 Å². The van der Waals surface area contributed by atoms with Crippen molar-refractivity contribution in [3.63, 3.8) is 0 Å². The third-order valence-electron chi connectivity index (χ3n) is 3.60. The third kappa shape index (κ3) is 3.27. The molecule has 7 heteroatoms. The lowest BCUT2D eigenvalue weighted by atomic mass is 10.1. The molecule has 0 aromatic heterocycles. The topological polar surface area (TPSA) is 63.2 Å². The summed E-state index contributed by atoms with van der Waals surface area (Å²) in [5.74, 6) is -0.282. The summed E-state index contributed by atoms with van der Waals surface area (Å²) in [5, 5.41) is 3.51. The Kier molecular flexibility index (Phi) is 4.33. The van der Waals surface area contributed by atoms with Gasteiger partial charge in [0.25, 0.3) is 0 Å². The zero-order chi connectivity index (χ0) is 15.0. The molecule has 0 atom stereocenters. The van der Waals surface area contributed by atoms with Gasteiger partial charge in [0.2, 0.25) is 5.91 Å². The first-order valence-corrected chi connectivity index (χ1v) is 8.79. The number of halogens is 2. The monoisotopic (exact) mass is 335 g/mol. The number of amides is 1. The summed E-state index contributed by atoms with van der Waals surface area (Å²) in [7, 11) is -3.14. The fraction of sp³-hybridized carbons (Fsp3) is 0.462. The molecule has 0 radical (unpaired) electrons. The summed E-state index contributed by atoms with van der Waals surface area (Å²) >= 11 is 12.0. The zero-order valence-corrected chi connectivity index (χ0v) is 13.3. The van der Waals surface area contributed by atoms with E-state index in [1.807, 2.05) is 0 Å². The highest BCUT2D eigenvalue weighted by atomic mass is 35.5. The third-order valence-corrected chi connectivity index (χ3v) is 6.43. The lowest BCUT2D eigenvalue weighted by Crippen LogP contribution is -2.38. The minimum absolute atomic E-state index is 0.0400. The number of sulfone groups is 1. The van der Waals surface area contributed by atoms with Gasteiger partial charge < -0.3 is 5.32 Å². The summed E-state index contributed by atoms with van der Waals surface area (Å²) in [4.78, 5) is 11.9. The van der Waals surface area contributed by atoms with Crippen molar-refractivity contribution in [2.75, 3.05) is 12.8 Å². The van der Waals surface area contributed by atoms with Crippen LogP contribution in [-0.2, 0) is 21.1 Å². The number of benzene rings is 1. The molecule has 0 saturated heterocycles. The second-order valence-corrected chi connectivity index (χ2v) is 8.33. The van der Waals surface area contributed by atoms with Gasteiger partial charge in [-0.15, -0.1) is 0 Å². The van der Waals surface area contributed by atoms with Crippen LogP contribution in [0.2, 0.25) is 10.0 Å². The van der Waals surface area contributed by atoms with Crippen LogP contribution in [0.1, 0.15) is 18.4 Å². The van der Waals surface area contributed by atoms with Gasteiger partial charge in [0.1, 0.15) is 0 Å². The maximum Gasteiger partial charge on any atom is 0.224 e. The maximum atomic E-state index is 11.9. The van der Waals surface area contributed by atoms with E-state index in [-0.39, 0.29) is 18.9 Å². The molecular weight excluding hydrogens is 321 g/mol. The van der Waals surface area contributed by atoms with Gasteiger partial charge in [0.05, 0.1) is 11.2 Å². The molecule has 0 spiro atoms. The molecule has 110 valence electrons. The fourth-order valence-electron chi connectivity index (χ4n) is 2.00. The van der Waals surface area contributed by atoms with E-state index in [0.29, 0.717) is 28.5 Å². The lowest BCUT2D eigenvalue weighted by molar-refractivity contribution is -0.120. The first-order chi connectivity index (χ1) is 9.25. The molecular formula is C13H15Cl2NO3S. The van der Waals surface area contributed by atoms with E-state index in [0.717, 1.165) is 0 Å². The van der Waals surface area contributed by atoms with E-state index in [4.69, 9.17) is 23.2 Å². The van der Waals surface area contributed by atoms with E-state index in [1.54, 1.807) is 18.2 Å². The normalized spacial score (nSPS) is 16.8. The Morgan fingerprint density at radius 1 is 1.30 bits per heavy atom. The Labute approximate surface area is 128 Å². The zero-order valence-electron chi connectivity index (χ0n) is 10.9. The van der Waals surface area contributed by atoms with Gasteiger partial charge in [0.15, 0.2) is 9.84 Å². The van der Waals surface area contributed by atoms with E-state index in [9.17, 15) is 13.2 Å². The van der Waals surface area contributed by atoms with Crippen LogP contribution in [0.15, 0.2) is 18.2 Å². The van der Waals surface area contributed by atoms with Gasteiger partial charge >= 0.3 is 0 Å². The van der Waals surface area contributed by atoms with Gasteiger partial charge in [-0.25, -0.2) is 8.42 Å². The Morgan fingerprint density at radius 2 is 1.85 bits per heavy atom. The SMILES string of the molecule is CS(=O)(=O)C1(CNC(=O)Cc2c(Cl)cccc2Cl)CC1. The first-order valence-electron chi connectivity index (χ1n) is 6.14. The first kappa shape index (κ1) is 15.6. The summed E-state index contributed by atoms with van der Waals surface area (Å²) < 4.78 is 22.4. The Hall–Kier alpha value is -0.780. The van der Waals surface area contributed by atoms with Crippen LogP contribution < -0.4 is 5.32 Å². The van der Waals surface area contributed by atoms with Gasteiger partial charge in [-0.2, -0.15) is 0 Å². The fourth-order valence-corrected chi connectivity index (χ4v) is 3.71. The second kappa shape index (κ2) is 5.54. The van der Waals surface area contributed by atoms with E-state index >= 15 is 0 Å². The molecule has 1 saturated carbocycles. The predicted molar refractivity (Wildman–Crippen MR) is 80.0 cm³/mol. The Bertz CT molecular complexity index is 619.